The number of aliphatic hydroxyl groups excluding tert-OH is 5. The third kappa shape index (κ3) is 8.41. The number of ether oxygens (including phenoxy) is 1. The van der Waals surface area contributed by atoms with Gasteiger partial charge in [-0.25, -0.2) is 8.42 Å². The van der Waals surface area contributed by atoms with Gasteiger partial charge >= 0.3 is 5.97 Å². The predicted molar refractivity (Wildman–Crippen MR) is 241 cm³/mol. The summed E-state index contributed by atoms with van der Waals surface area (Å²) in [6.07, 6.45) is 12.5. The highest BCUT2D eigenvalue weighted by molar-refractivity contribution is 7.90. The Kier molecular flexibility index (Phi) is 13.5. The highest BCUT2D eigenvalue weighted by atomic mass is 32.2. The molecule has 0 spiro atoms. The van der Waals surface area contributed by atoms with Crippen molar-refractivity contribution in [1.29, 1.82) is 0 Å². The molecule has 63 heavy (non-hydrogen) atoms. The van der Waals surface area contributed by atoms with Crippen molar-refractivity contribution >= 4 is 21.7 Å². The summed E-state index contributed by atoms with van der Waals surface area (Å²) in [5, 5.41) is 61.1. The van der Waals surface area contributed by atoms with E-state index in [2.05, 4.69) is 46.9 Å². The molecular formula is C51H85NO10S. The molecule has 8 aliphatic rings. The average molecular weight is 904 g/mol. The van der Waals surface area contributed by atoms with E-state index in [0.717, 1.165) is 70.6 Å². The minimum absolute atomic E-state index is 0.0422. The van der Waals surface area contributed by atoms with E-state index < -0.39 is 34.3 Å². The lowest BCUT2D eigenvalue weighted by Crippen LogP contribution is -2.62. The maximum atomic E-state index is 13.6. The molecule has 360 valence electrons. The van der Waals surface area contributed by atoms with Crippen molar-refractivity contribution in [2.45, 2.75) is 194 Å². The topological polar surface area (TPSA) is 191 Å². The van der Waals surface area contributed by atoms with Crippen LogP contribution in [0.3, 0.4) is 0 Å². The SMILES string of the molecule is C[C@H](CCC(=O)O[C@@H]1CC[C@@]2(C)[C@@H](C1)C[C@H](O)[C@@H]1[C@@H]2C[C@H](O)[C@]2(C)[C@@H]([C@H](C)CCC(=O)NCCS(C)(=O)=O)CC[C@@H]12)[C@H]1CC[C@H]2[C@@H]3[C@H](O)C[C@@H]4C[C@H](O)CC[C@]4(C)[C@H]3C[C@H](O)[C@]12C. The molecule has 0 aromatic carbocycles. The van der Waals surface area contributed by atoms with Crippen LogP contribution in [-0.4, -0.2) is 101 Å². The summed E-state index contributed by atoms with van der Waals surface area (Å²) in [4.78, 5) is 26.2. The number of fused-ring (bicyclic) bond motifs is 10. The molecule has 0 aliphatic heterocycles. The van der Waals surface area contributed by atoms with Gasteiger partial charge in [0.15, 0.2) is 0 Å². The smallest absolute Gasteiger partial charge is 0.306 e. The normalized spacial score (nSPS) is 50.1. The zero-order chi connectivity index (χ0) is 45.6. The first-order chi connectivity index (χ1) is 29.5. The second kappa shape index (κ2) is 17.6. The first-order valence-corrected chi connectivity index (χ1v) is 27.6. The molecule has 1 amide bonds. The van der Waals surface area contributed by atoms with Gasteiger partial charge in [0, 0.05) is 25.6 Å². The summed E-state index contributed by atoms with van der Waals surface area (Å²) < 4.78 is 29.3. The van der Waals surface area contributed by atoms with Crippen molar-refractivity contribution in [2.75, 3.05) is 18.6 Å². The monoisotopic (exact) mass is 904 g/mol. The van der Waals surface area contributed by atoms with E-state index in [4.69, 9.17) is 4.74 Å². The Morgan fingerprint density at radius 2 is 1.14 bits per heavy atom. The molecule has 0 saturated heterocycles. The van der Waals surface area contributed by atoms with E-state index in [1.807, 2.05) is 0 Å². The maximum Gasteiger partial charge on any atom is 0.306 e. The Morgan fingerprint density at radius 1 is 0.651 bits per heavy atom. The molecular weight excluding hydrogens is 819 g/mol. The average Bonchev–Trinajstić information content (AvgIpc) is 3.76. The number of rotatable bonds is 12. The van der Waals surface area contributed by atoms with E-state index in [1.165, 1.54) is 6.26 Å². The van der Waals surface area contributed by atoms with E-state index in [9.17, 15) is 43.5 Å². The molecule has 8 fully saturated rings. The van der Waals surface area contributed by atoms with Gasteiger partial charge in [-0.1, -0.05) is 41.5 Å². The number of hydrogen-bond donors (Lipinski definition) is 6. The quantitative estimate of drug-likeness (QED) is 0.119. The van der Waals surface area contributed by atoms with E-state index in [-0.39, 0.29) is 123 Å². The molecule has 0 unspecified atom stereocenters. The number of amides is 1. The molecule has 0 aromatic heterocycles. The van der Waals surface area contributed by atoms with Crippen LogP contribution in [0.5, 0.6) is 0 Å². The third-order valence-corrected chi connectivity index (χ3v) is 22.7. The summed E-state index contributed by atoms with van der Waals surface area (Å²) >= 11 is 0. The first kappa shape index (κ1) is 48.2. The Balaban J connectivity index is 0.840. The lowest BCUT2D eigenvalue weighted by atomic mass is 9.43. The summed E-state index contributed by atoms with van der Waals surface area (Å²) in [6.45, 7) is 13.8. The molecule has 6 N–H and O–H groups in total. The number of esters is 1. The highest BCUT2D eigenvalue weighted by Crippen LogP contribution is 2.70. The Morgan fingerprint density at radius 3 is 1.67 bits per heavy atom. The molecule has 0 aromatic rings. The van der Waals surface area contributed by atoms with Crippen LogP contribution in [0.25, 0.3) is 0 Å². The van der Waals surface area contributed by atoms with E-state index >= 15 is 0 Å². The van der Waals surface area contributed by atoms with E-state index in [0.29, 0.717) is 50.9 Å². The van der Waals surface area contributed by atoms with Gasteiger partial charge in [0.05, 0.1) is 36.3 Å². The molecule has 0 bridgehead atoms. The Labute approximate surface area is 379 Å². The second-order valence-electron chi connectivity index (χ2n) is 24.5. The van der Waals surface area contributed by atoms with Crippen molar-refractivity contribution in [1.82, 2.24) is 5.32 Å². The van der Waals surface area contributed by atoms with Gasteiger partial charge in [-0.2, -0.15) is 0 Å². The van der Waals surface area contributed by atoms with Crippen molar-refractivity contribution in [3.63, 3.8) is 0 Å². The minimum Gasteiger partial charge on any atom is -0.462 e. The molecule has 22 atom stereocenters. The van der Waals surface area contributed by atoms with Crippen LogP contribution < -0.4 is 5.32 Å². The van der Waals surface area contributed by atoms with E-state index in [1.54, 1.807) is 0 Å². The highest BCUT2D eigenvalue weighted by Gasteiger charge is 2.67. The van der Waals surface area contributed by atoms with Crippen molar-refractivity contribution in [2.24, 2.45) is 92.7 Å². The van der Waals surface area contributed by atoms with Crippen LogP contribution in [0.15, 0.2) is 0 Å². The largest absolute Gasteiger partial charge is 0.462 e. The van der Waals surface area contributed by atoms with Crippen LogP contribution in [0.4, 0.5) is 0 Å². The first-order valence-electron chi connectivity index (χ1n) is 25.6. The molecule has 0 heterocycles. The van der Waals surface area contributed by atoms with Gasteiger partial charge in [-0.3, -0.25) is 9.59 Å². The number of carbonyl (C=O) groups is 2. The van der Waals surface area contributed by atoms with Gasteiger partial charge in [0.1, 0.15) is 15.9 Å². The standard InChI is InChI=1S/C51H85NO10S/c1-28(8-14-44(58)52-20-21-63(7,60)61)34-10-12-37-47-39(27-43(57)50(34,37)5)49(4)19-17-33(23-31(49)25-41(47)55)62-45(59)15-9-29(2)35-11-13-36-46-38(26-42(56)51(35,36)6)48(3)18-16-32(53)22-30(48)24-40(46)54/h28-43,46-47,53-57H,8-27H2,1-7H3,(H,52,58)/t28-,29-,30+,31+,32-,33-,34-,35-,36+,37+,38+,39+,40-,41+,42+,43+,46+,47+,48+,49+,50-,51-/m1/s1. The van der Waals surface area contributed by atoms with Crippen LogP contribution in [0.2, 0.25) is 0 Å². The van der Waals surface area contributed by atoms with Crippen LogP contribution in [0, 0.1) is 92.7 Å². The predicted octanol–water partition coefficient (Wildman–Crippen LogP) is 6.45. The lowest BCUT2D eigenvalue weighted by Gasteiger charge is -2.63. The number of sulfone groups is 1. The fourth-order valence-electron chi connectivity index (χ4n) is 18.2. The summed E-state index contributed by atoms with van der Waals surface area (Å²) in [7, 11) is -3.14. The molecule has 11 nitrogen and oxygen atoms in total. The van der Waals surface area contributed by atoms with Crippen molar-refractivity contribution < 1.29 is 48.3 Å². The van der Waals surface area contributed by atoms with Crippen LogP contribution >= 0.6 is 0 Å². The second-order valence-corrected chi connectivity index (χ2v) is 26.8. The lowest BCUT2D eigenvalue weighted by molar-refractivity contribution is -0.209. The number of hydrogen-bond acceptors (Lipinski definition) is 10. The van der Waals surface area contributed by atoms with Crippen molar-refractivity contribution in [3.8, 4) is 0 Å². The van der Waals surface area contributed by atoms with Crippen LogP contribution in [-0.2, 0) is 24.2 Å². The van der Waals surface area contributed by atoms with Gasteiger partial charge in [-0.05, 0) is 195 Å². The summed E-state index contributed by atoms with van der Waals surface area (Å²) in [5.41, 5.74) is -0.676. The number of nitrogens with one attached hydrogen (secondary N) is 1. The zero-order valence-electron chi connectivity index (χ0n) is 39.7. The number of carbonyl (C=O) groups excluding carboxylic acids is 2. The van der Waals surface area contributed by atoms with Gasteiger partial charge < -0.3 is 35.6 Å². The Bertz CT molecular complexity index is 1800. The fourth-order valence-corrected chi connectivity index (χ4v) is 18.6. The molecule has 12 heteroatoms. The van der Waals surface area contributed by atoms with Crippen molar-refractivity contribution in [3.05, 3.63) is 0 Å². The van der Waals surface area contributed by atoms with Gasteiger partial charge in [-0.15, -0.1) is 0 Å². The minimum atomic E-state index is -3.14. The molecule has 8 aliphatic carbocycles. The summed E-state index contributed by atoms with van der Waals surface area (Å²) in [5.74, 6) is 2.20. The molecule has 0 radical (unpaired) electrons. The third-order valence-electron chi connectivity index (χ3n) is 21.7. The van der Waals surface area contributed by atoms with Gasteiger partial charge in [0.2, 0.25) is 5.91 Å². The molecule has 8 saturated carbocycles. The summed E-state index contributed by atoms with van der Waals surface area (Å²) in [6, 6.07) is 0. The van der Waals surface area contributed by atoms with Crippen LogP contribution in [0.1, 0.15) is 157 Å². The maximum absolute atomic E-state index is 13.6. The Hall–Kier alpha value is -1.31. The number of aliphatic hydroxyl groups is 5. The zero-order valence-corrected chi connectivity index (χ0v) is 40.5. The fraction of sp³-hybridized carbons (Fsp3) is 0.961. The molecule has 8 rings (SSSR count). The van der Waals surface area contributed by atoms with Gasteiger partial charge in [0.25, 0.3) is 0 Å².